The molecule has 1 aliphatic rings. The van der Waals surface area contributed by atoms with Gasteiger partial charge in [0.25, 0.3) is 0 Å². The first-order chi connectivity index (χ1) is 7.64. The molecule has 0 aliphatic carbocycles. The van der Waals surface area contributed by atoms with Gasteiger partial charge in [0, 0.05) is 11.6 Å². The van der Waals surface area contributed by atoms with Gasteiger partial charge in [0.15, 0.2) is 11.5 Å². The van der Waals surface area contributed by atoms with Gasteiger partial charge in [-0.25, -0.2) is 0 Å². The smallest absolute Gasteiger partial charge is 0.164 e. The van der Waals surface area contributed by atoms with Crippen LogP contribution in [0.5, 0.6) is 17.2 Å². The van der Waals surface area contributed by atoms with E-state index in [1.54, 1.807) is 21.3 Å². The average molecular weight is 224 g/mol. The molecule has 1 saturated heterocycles. The Morgan fingerprint density at radius 3 is 1.94 bits per heavy atom. The molecule has 0 bridgehead atoms. The van der Waals surface area contributed by atoms with E-state index in [9.17, 15) is 0 Å². The van der Waals surface area contributed by atoms with E-state index in [0.717, 1.165) is 11.3 Å². The number of hydrogen-bond donors (Lipinski definition) is 0. The largest absolute Gasteiger partial charge is 0.496 e. The maximum atomic E-state index is 5.42. The van der Waals surface area contributed by atoms with Gasteiger partial charge in [-0.2, -0.15) is 0 Å². The monoisotopic (exact) mass is 224 g/mol. The Balaban J connectivity index is 2.51. The summed E-state index contributed by atoms with van der Waals surface area (Å²) in [5, 5.41) is 0. The fraction of sp³-hybridized carbons (Fsp3) is 0.500. The maximum Gasteiger partial charge on any atom is 0.164 e. The highest BCUT2D eigenvalue weighted by molar-refractivity contribution is 5.53. The zero-order chi connectivity index (χ0) is 11.8. The summed E-state index contributed by atoms with van der Waals surface area (Å²) >= 11 is 0. The molecule has 1 aliphatic heterocycles. The van der Waals surface area contributed by atoms with Crippen molar-refractivity contribution in [3.63, 3.8) is 0 Å². The molecule has 0 aromatic heterocycles. The van der Waals surface area contributed by atoms with Crippen molar-refractivity contribution in [3.05, 3.63) is 17.7 Å². The summed E-state index contributed by atoms with van der Waals surface area (Å²) in [4.78, 5) is 0. The van der Waals surface area contributed by atoms with E-state index in [1.165, 1.54) is 0 Å². The maximum absolute atomic E-state index is 5.42. The molecule has 2 rings (SSSR count). The van der Waals surface area contributed by atoms with Crippen LogP contribution in [0.25, 0.3) is 0 Å². The van der Waals surface area contributed by atoms with Gasteiger partial charge in [0.1, 0.15) is 11.4 Å². The van der Waals surface area contributed by atoms with Gasteiger partial charge in [0.2, 0.25) is 0 Å². The Labute approximate surface area is 95.1 Å². The minimum Gasteiger partial charge on any atom is -0.496 e. The summed E-state index contributed by atoms with van der Waals surface area (Å²) in [5.41, 5.74) is 0.748. The molecule has 1 unspecified atom stereocenters. The van der Waals surface area contributed by atoms with Gasteiger partial charge in [-0.1, -0.05) is 0 Å². The Hall–Kier alpha value is -1.42. The zero-order valence-corrected chi connectivity index (χ0v) is 9.99. The van der Waals surface area contributed by atoms with Gasteiger partial charge in [-0.05, 0) is 13.0 Å². The summed E-state index contributed by atoms with van der Waals surface area (Å²) in [7, 11) is 4.85. The molecule has 1 fully saturated rings. The molecule has 1 atom stereocenters. The molecule has 0 spiro atoms. The van der Waals surface area contributed by atoms with E-state index in [0.29, 0.717) is 18.1 Å². The van der Waals surface area contributed by atoms with Crippen LogP contribution in [0.1, 0.15) is 12.5 Å². The number of hydrogen-bond acceptors (Lipinski definition) is 4. The van der Waals surface area contributed by atoms with Gasteiger partial charge >= 0.3 is 0 Å². The number of rotatable bonds is 4. The first kappa shape index (κ1) is 11.1. The summed E-state index contributed by atoms with van der Waals surface area (Å²) in [6, 6.07) is 3.73. The minimum atomic E-state index is -0.245. The molecule has 4 heteroatoms. The first-order valence-electron chi connectivity index (χ1n) is 5.09. The first-order valence-corrected chi connectivity index (χ1v) is 5.09. The predicted octanol–water partition coefficient (Wildman–Crippen LogP) is 1.96. The number of epoxide rings is 1. The topological polar surface area (TPSA) is 40.2 Å². The predicted molar refractivity (Wildman–Crippen MR) is 59.4 cm³/mol. The fourth-order valence-electron chi connectivity index (χ4n) is 1.71. The van der Waals surface area contributed by atoms with Crippen molar-refractivity contribution in [2.24, 2.45) is 0 Å². The molecule has 88 valence electrons. The number of methoxy groups -OCH3 is 3. The van der Waals surface area contributed by atoms with Crippen molar-refractivity contribution < 1.29 is 18.9 Å². The molecule has 16 heavy (non-hydrogen) atoms. The second-order valence-electron chi connectivity index (χ2n) is 3.93. The Kier molecular flexibility index (Phi) is 2.68. The van der Waals surface area contributed by atoms with Gasteiger partial charge in [0.05, 0.1) is 27.9 Å². The average Bonchev–Trinajstić information content (AvgIpc) is 3.06. The van der Waals surface area contributed by atoms with E-state index in [-0.39, 0.29) is 5.60 Å². The standard InChI is InChI=1S/C12H16O4/c1-12(7-16-12)8-5-10(14-3)11(15-4)6-9(8)13-2/h5-6H,7H2,1-4H3. The lowest BCUT2D eigenvalue weighted by Gasteiger charge is -2.16. The normalized spacial score (nSPS) is 22.8. The van der Waals surface area contributed by atoms with Crippen LogP contribution in [0.15, 0.2) is 12.1 Å². The highest BCUT2D eigenvalue weighted by Gasteiger charge is 2.44. The van der Waals surface area contributed by atoms with Crippen LogP contribution in [-0.4, -0.2) is 27.9 Å². The second kappa shape index (κ2) is 3.87. The Morgan fingerprint density at radius 1 is 1.00 bits per heavy atom. The molecule has 4 nitrogen and oxygen atoms in total. The molecular weight excluding hydrogens is 208 g/mol. The van der Waals surface area contributed by atoms with E-state index < -0.39 is 0 Å². The van der Waals surface area contributed by atoms with Crippen LogP contribution in [0, 0.1) is 0 Å². The van der Waals surface area contributed by atoms with Crippen LogP contribution in [0.2, 0.25) is 0 Å². The molecule has 1 aromatic carbocycles. The minimum absolute atomic E-state index is 0.245. The fourth-order valence-corrected chi connectivity index (χ4v) is 1.71. The summed E-state index contributed by atoms with van der Waals surface area (Å²) < 4.78 is 21.2. The van der Waals surface area contributed by atoms with Gasteiger partial charge in [-0.3, -0.25) is 0 Å². The third-order valence-corrected chi connectivity index (χ3v) is 2.85. The van der Waals surface area contributed by atoms with Gasteiger partial charge in [-0.15, -0.1) is 0 Å². The van der Waals surface area contributed by atoms with Crippen LogP contribution >= 0.6 is 0 Å². The molecule has 0 saturated carbocycles. The van der Waals surface area contributed by atoms with Crippen LogP contribution in [0.4, 0.5) is 0 Å². The Bertz CT molecular complexity index is 396. The molecular formula is C12H16O4. The highest BCUT2D eigenvalue weighted by atomic mass is 16.6. The lowest BCUT2D eigenvalue weighted by Crippen LogP contribution is -2.06. The van der Waals surface area contributed by atoms with E-state index in [2.05, 4.69) is 0 Å². The van der Waals surface area contributed by atoms with E-state index in [4.69, 9.17) is 18.9 Å². The summed E-state index contributed by atoms with van der Waals surface area (Å²) in [6.07, 6.45) is 0. The molecule has 1 aromatic rings. The van der Waals surface area contributed by atoms with Gasteiger partial charge < -0.3 is 18.9 Å². The van der Waals surface area contributed by atoms with Crippen LogP contribution in [-0.2, 0) is 10.3 Å². The Morgan fingerprint density at radius 2 is 1.50 bits per heavy atom. The summed E-state index contributed by atoms with van der Waals surface area (Å²) in [5.74, 6) is 2.11. The van der Waals surface area contributed by atoms with Crippen molar-refractivity contribution in [1.29, 1.82) is 0 Å². The molecule has 0 N–H and O–H groups in total. The van der Waals surface area contributed by atoms with Crippen molar-refractivity contribution in [3.8, 4) is 17.2 Å². The quantitative estimate of drug-likeness (QED) is 0.733. The van der Waals surface area contributed by atoms with Crippen molar-refractivity contribution in [1.82, 2.24) is 0 Å². The van der Waals surface area contributed by atoms with Crippen molar-refractivity contribution in [2.45, 2.75) is 12.5 Å². The van der Waals surface area contributed by atoms with Crippen LogP contribution in [0.3, 0.4) is 0 Å². The van der Waals surface area contributed by atoms with Crippen molar-refractivity contribution in [2.75, 3.05) is 27.9 Å². The molecule has 0 radical (unpaired) electrons. The van der Waals surface area contributed by atoms with E-state index in [1.807, 2.05) is 19.1 Å². The third kappa shape index (κ3) is 1.69. The highest BCUT2D eigenvalue weighted by Crippen LogP contribution is 2.46. The number of benzene rings is 1. The lowest BCUT2D eigenvalue weighted by atomic mass is 10.0. The second-order valence-corrected chi connectivity index (χ2v) is 3.93. The SMILES string of the molecule is COc1cc(OC)c(C2(C)CO2)cc1OC. The third-order valence-electron chi connectivity index (χ3n) is 2.85. The lowest BCUT2D eigenvalue weighted by molar-refractivity contribution is 0.309. The summed E-state index contributed by atoms with van der Waals surface area (Å²) in [6.45, 7) is 2.73. The number of ether oxygens (including phenoxy) is 4. The van der Waals surface area contributed by atoms with E-state index >= 15 is 0 Å². The zero-order valence-electron chi connectivity index (χ0n) is 9.99. The van der Waals surface area contributed by atoms with Crippen LogP contribution < -0.4 is 14.2 Å². The van der Waals surface area contributed by atoms with Crippen molar-refractivity contribution >= 4 is 0 Å². The molecule has 1 heterocycles. The molecule has 0 amide bonds.